The summed E-state index contributed by atoms with van der Waals surface area (Å²) in [5, 5.41) is 0.306. The fourth-order valence-electron chi connectivity index (χ4n) is 3.32. The summed E-state index contributed by atoms with van der Waals surface area (Å²) in [6, 6.07) is -0.852. The highest BCUT2D eigenvalue weighted by Crippen LogP contribution is 2.34. The van der Waals surface area contributed by atoms with Gasteiger partial charge in [0.25, 0.3) is 0 Å². The topological polar surface area (TPSA) is 98.4 Å². The molecule has 19 heavy (non-hydrogen) atoms. The second-order valence-electron chi connectivity index (χ2n) is 5.99. The van der Waals surface area contributed by atoms with Gasteiger partial charge >= 0.3 is 6.03 Å². The van der Waals surface area contributed by atoms with Crippen molar-refractivity contribution in [2.24, 2.45) is 29.3 Å². The SMILES string of the molecule is C1CCC(CC2CCCCC2)CC1.NC(=O)N(N)N. The number of nitrogens with zero attached hydrogens (tertiary/aromatic N) is 1. The number of nitrogens with two attached hydrogens (primary N) is 3. The first-order valence-electron chi connectivity index (χ1n) is 7.68. The Bertz CT molecular complexity index is 230. The molecule has 0 radical (unpaired) electrons. The van der Waals surface area contributed by atoms with Gasteiger partial charge < -0.3 is 5.73 Å². The van der Waals surface area contributed by atoms with Crippen molar-refractivity contribution >= 4 is 6.03 Å². The second-order valence-corrected chi connectivity index (χ2v) is 5.99. The highest BCUT2D eigenvalue weighted by molar-refractivity contribution is 5.70. The zero-order chi connectivity index (χ0) is 14.1. The highest BCUT2D eigenvalue weighted by Gasteiger charge is 2.20. The summed E-state index contributed by atoms with van der Waals surface area (Å²) in [6.07, 6.45) is 16.9. The molecule has 112 valence electrons. The lowest BCUT2D eigenvalue weighted by Crippen LogP contribution is -2.46. The molecule has 0 spiro atoms. The molecule has 0 aromatic heterocycles. The number of rotatable bonds is 2. The quantitative estimate of drug-likeness (QED) is 0.408. The van der Waals surface area contributed by atoms with Gasteiger partial charge in [-0.15, -0.1) is 0 Å². The summed E-state index contributed by atoms with van der Waals surface area (Å²) in [5.41, 5.74) is 4.47. The molecule has 2 fully saturated rings. The number of carbonyl (C=O) groups is 1. The molecule has 2 aliphatic carbocycles. The third-order valence-electron chi connectivity index (χ3n) is 4.37. The fourth-order valence-corrected chi connectivity index (χ4v) is 3.32. The minimum atomic E-state index is -0.852. The normalized spacial score (nSPS) is 21.4. The number of hydrogen-bond donors (Lipinski definition) is 3. The maximum absolute atomic E-state index is 9.60. The molecule has 0 heterocycles. The Balaban J connectivity index is 0.000000258. The Morgan fingerprint density at radius 3 is 1.42 bits per heavy atom. The van der Waals surface area contributed by atoms with E-state index in [4.69, 9.17) is 0 Å². The lowest BCUT2D eigenvalue weighted by molar-refractivity contribution is 0.210. The van der Waals surface area contributed by atoms with Crippen molar-refractivity contribution in [2.45, 2.75) is 70.6 Å². The van der Waals surface area contributed by atoms with E-state index in [-0.39, 0.29) is 0 Å². The van der Waals surface area contributed by atoms with Gasteiger partial charge in [-0.05, 0) is 18.3 Å². The van der Waals surface area contributed by atoms with Gasteiger partial charge in [0.2, 0.25) is 0 Å². The van der Waals surface area contributed by atoms with Crippen LogP contribution in [-0.2, 0) is 0 Å². The van der Waals surface area contributed by atoms with Crippen LogP contribution >= 0.6 is 0 Å². The van der Waals surface area contributed by atoms with Crippen molar-refractivity contribution in [3.63, 3.8) is 0 Å². The minimum absolute atomic E-state index is 0.306. The van der Waals surface area contributed by atoms with E-state index in [1.807, 2.05) is 0 Å². The van der Waals surface area contributed by atoms with E-state index in [1.165, 1.54) is 38.5 Å². The molecule has 5 heteroatoms. The molecule has 6 N–H and O–H groups in total. The van der Waals surface area contributed by atoms with Crippen LogP contribution in [0.1, 0.15) is 70.6 Å². The van der Waals surface area contributed by atoms with Gasteiger partial charge in [-0.1, -0.05) is 64.2 Å². The van der Waals surface area contributed by atoms with Crippen LogP contribution in [0.5, 0.6) is 0 Å². The Labute approximate surface area is 116 Å². The molecule has 2 amide bonds. The average Bonchev–Trinajstić information content (AvgIpc) is 2.41. The van der Waals surface area contributed by atoms with Crippen molar-refractivity contribution in [1.82, 2.24) is 5.12 Å². The van der Waals surface area contributed by atoms with E-state index in [2.05, 4.69) is 17.4 Å². The Hall–Kier alpha value is -0.810. The van der Waals surface area contributed by atoms with E-state index in [0.717, 1.165) is 11.8 Å². The molecule has 0 unspecified atom stereocenters. The van der Waals surface area contributed by atoms with Gasteiger partial charge in [0, 0.05) is 0 Å². The van der Waals surface area contributed by atoms with Crippen LogP contribution in [0.25, 0.3) is 0 Å². The first-order valence-corrected chi connectivity index (χ1v) is 7.68. The monoisotopic (exact) mass is 270 g/mol. The molecule has 0 aromatic rings. The van der Waals surface area contributed by atoms with Gasteiger partial charge in [-0.2, -0.15) is 5.12 Å². The lowest BCUT2D eigenvalue weighted by atomic mass is 9.78. The zero-order valence-corrected chi connectivity index (χ0v) is 12.0. The van der Waals surface area contributed by atoms with Crippen molar-refractivity contribution in [3.8, 4) is 0 Å². The van der Waals surface area contributed by atoms with E-state index < -0.39 is 6.03 Å². The summed E-state index contributed by atoms with van der Waals surface area (Å²) < 4.78 is 0. The summed E-state index contributed by atoms with van der Waals surface area (Å²) in [7, 11) is 0. The molecule has 0 aliphatic heterocycles. The predicted molar refractivity (Wildman–Crippen MR) is 77.6 cm³/mol. The van der Waals surface area contributed by atoms with E-state index in [9.17, 15) is 4.79 Å². The molecule has 0 saturated heterocycles. The molecule has 2 aliphatic rings. The largest absolute Gasteiger partial charge is 0.349 e. The third-order valence-corrected chi connectivity index (χ3v) is 4.37. The van der Waals surface area contributed by atoms with E-state index >= 15 is 0 Å². The number of carbonyl (C=O) groups excluding carboxylic acids is 1. The number of hydrogen-bond acceptors (Lipinski definition) is 3. The molecular weight excluding hydrogens is 240 g/mol. The van der Waals surface area contributed by atoms with Crippen LogP contribution in [0, 0.1) is 11.8 Å². The smallest absolute Gasteiger partial charge is 0.343 e. The van der Waals surface area contributed by atoms with Gasteiger partial charge in [-0.25, -0.2) is 16.5 Å². The van der Waals surface area contributed by atoms with Crippen LogP contribution in [0.2, 0.25) is 0 Å². The third kappa shape index (κ3) is 7.38. The van der Waals surface area contributed by atoms with Crippen molar-refractivity contribution in [2.75, 3.05) is 0 Å². The lowest BCUT2D eigenvalue weighted by Gasteiger charge is -2.28. The van der Waals surface area contributed by atoms with Crippen LogP contribution in [0.15, 0.2) is 0 Å². The maximum Gasteiger partial charge on any atom is 0.343 e. The second kappa shape index (κ2) is 9.15. The van der Waals surface area contributed by atoms with Gasteiger partial charge in [0.05, 0.1) is 0 Å². The number of primary amides is 1. The molecule has 5 nitrogen and oxygen atoms in total. The van der Waals surface area contributed by atoms with Crippen molar-refractivity contribution in [1.29, 1.82) is 0 Å². The fraction of sp³-hybridized carbons (Fsp3) is 0.929. The first-order chi connectivity index (χ1) is 9.09. The minimum Gasteiger partial charge on any atom is -0.349 e. The average molecular weight is 270 g/mol. The summed E-state index contributed by atoms with van der Waals surface area (Å²) in [5.74, 6) is 11.4. The molecular formula is C14H30N4O. The summed E-state index contributed by atoms with van der Waals surface area (Å²) in [6.45, 7) is 0. The Kier molecular flexibility index (Phi) is 7.82. The summed E-state index contributed by atoms with van der Waals surface area (Å²) in [4.78, 5) is 9.60. The Morgan fingerprint density at radius 2 is 1.16 bits per heavy atom. The van der Waals surface area contributed by atoms with Crippen molar-refractivity contribution < 1.29 is 4.79 Å². The van der Waals surface area contributed by atoms with Gasteiger partial charge in [0.1, 0.15) is 0 Å². The van der Waals surface area contributed by atoms with Crippen LogP contribution in [0.3, 0.4) is 0 Å². The summed E-state index contributed by atoms with van der Waals surface area (Å²) >= 11 is 0. The molecule has 0 aromatic carbocycles. The molecule has 2 rings (SSSR count). The Morgan fingerprint density at radius 1 is 0.842 bits per heavy atom. The maximum atomic E-state index is 9.60. The highest BCUT2D eigenvalue weighted by atomic mass is 16.2. The van der Waals surface area contributed by atoms with Gasteiger partial charge in [0.15, 0.2) is 0 Å². The van der Waals surface area contributed by atoms with Gasteiger partial charge in [-0.3, -0.25) is 0 Å². The molecule has 0 atom stereocenters. The predicted octanol–water partition coefficient (Wildman–Crippen LogP) is 2.65. The molecule has 0 bridgehead atoms. The number of urea groups is 1. The molecule has 2 saturated carbocycles. The zero-order valence-electron chi connectivity index (χ0n) is 12.0. The van der Waals surface area contributed by atoms with Crippen LogP contribution in [0.4, 0.5) is 4.79 Å². The standard InChI is InChI=1S/C13H24.CH6N4O/c1-3-7-12(8-4-1)11-13-9-5-2-6-10-13;2-1(6)5(3)4/h12-13H,1-11H2;3-4H2,(H2,2,6). The number of hydrazine groups is 2. The van der Waals surface area contributed by atoms with Crippen LogP contribution < -0.4 is 17.4 Å². The van der Waals surface area contributed by atoms with Crippen LogP contribution in [-0.4, -0.2) is 11.1 Å². The number of amides is 2. The van der Waals surface area contributed by atoms with E-state index in [1.54, 1.807) is 32.1 Å². The first kappa shape index (κ1) is 16.2. The van der Waals surface area contributed by atoms with E-state index in [0.29, 0.717) is 5.12 Å². The van der Waals surface area contributed by atoms with Crippen molar-refractivity contribution in [3.05, 3.63) is 0 Å².